The van der Waals surface area contributed by atoms with E-state index < -0.39 is 17.4 Å². The highest BCUT2D eigenvalue weighted by Crippen LogP contribution is 2.30. The third-order valence-corrected chi connectivity index (χ3v) is 5.77. The third kappa shape index (κ3) is 4.07. The van der Waals surface area contributed by atoms with E-state index in [1.54, 1.807) is 17.0 Å². The average Bonchev–Trinajstić information content (AvgIpc) is 3.30. The maximum absolute atomic E-state index is 12.3. The van der Waals surface area contributed by atoms with Gasteiger partial charge < -0.3 is 20.6 Å². The van der Waals surface area contributed by atoms with Crippen LogP contribution in [0.1, 0.15) is 29.5 Å². The van der Waals surface area contributed by atoms with Crippen molar-refractivity contribution in [2.75, 3.05) is 23.3 Å². The van der Waals surface area contributed by atoms with Crippen LogP contribution < -0.4 is 15.5 Å². The summed E-state index contributed by atoms with van der Waals surface area (Å²) in [5, 5.41) is 15.9. The molecule has 7 heteroatoms. The fourth-order valence-corrected chi connectivity index (χ4v) is 4.19. The van der Waals surface area contributed by atoms with E-state index in [1.807, 2.05) is 37.3 Å². The number of aliphatic hydroxyl groups is 1. The Balaban J connectivity index is 1.36. The van der Waals surface area contributed by atoms with Crippen molar-refractivity contribution < 1.29 is 19.5 Å². The number of nitrogens with zero attached hydrogens (tertiary/aromatic N) is 1. The molecule has 0 saturated carbocycles. The molecule has 4 rings (SSSR count). The predicted molar refractivity (Wildman–Crippen MR) is 113 cm³/mol. The maximum Gasteiger partial charge on any atom is 0.313 e. The molecule has 0 bridgehead atoms. The van der Waals surface area contributed by atoms with Crippen molar-refractivity contribution in [2.24, 2.45) is 0 Å². The number of anilines is 2. The summed E-state index contributed by atoms with van der Waals surface area (Å²) in [6.45, 7) is 2.55. The van der Waals surface area contributed by atoms with Crippen molar-refractivity contribution in [3.63, 3.8) is 0 Å². The average molecular weight is 407 g/mol. The first-order valence-corrected chi connectivity index (χ1v) is 10.1. The molecule has 1 saturated heterocycles. The molecule has 3 N–H and O–H groups in total. The van der Waals surface area contributed by atoms with E-state index in [1.165, 1.54) is 0 Å². The fraction of sp³-hybridized carbons (Fsp3) is 0.348. The molecule has 1 aliphatic carbocycles. The molecular weight excluding hydrogens is 382 g/mol. The van der Waals surface area contributed by atoms with Gasteiger partial charge >= 0.3 is 11.8 Å². The van der Waals surface area contributed by atoms with Gasteiger partial charge in [0, 0.05) is 43.7 Å². The van der Waals surface area contributed by atoms with Crippen LogP contribution in [-0.2, 0) is 27.2 Å². The molecule has 0 unspecified atom stereocenters. The van der Waals surface area contributed by atoms with Gasteiger partial charge in [-0.1, -0.05) is 30.3 Å². The molecule has 2 aliphatic rings. The van der Waals surface area contributed by atoms with E-state index >= 15 is 0 Å². The Hall–Kier alpha value is -3.19. The maximum atomic E-state index is 12.3. The number of aryl methyl sites for hydroxylation is 1. The lowest BCUT2D eigenvalue weighted by Crippen LogP contribution is -2.46. The lowest BCUT2D eigenvalue weighted by Gasteiger charge is -2.22. The number of carbonyl (C=O) groups excluding carboxylic acids is 3. The van der Waals surface area contributed by atoms with Crippen molar-refractivity contribution in [3.8, 4) is 0 Å². The normalized spacial score (nSPS) is 17.0. The van der Waals surface area contributed by atoms with Gasteiger partial charge in [-0.25, -0.2) is 0 Å². The lowest BCUT2D eigenvalue weighted by atomic mass is 10.0. The number of hydrogen-bond donors (Lipinski definition) is 3. The smallest absolute Gasteiger partial charge is 0.313 e. The van der Waals surface area contributed by atoms with Crippen LogP contribution in [-0.4, -0.2) is 41.5 Å². The van der Waals surface area contributed by atoms with Gasteiger partial charge in [-0.3, -0.25) is 14.4 Å². The van der Waals surface area contributed by atoms with Crippen molar-refractivity contribution in [1.29, 1.82) is 0 Å². The Bertz CT molecular complexity index is 992. The van der Waals surface area contributed by atoms with Crippen LogP contribution in [0, 0.1) is 6.92 Å². The molecule has 1 aliphatic heterocycles. The minimum absolute atomic E-state index is 0.00460. The van der Waals surface area contributed by atoms with E-state index in [0.29, 0.717) is 31.5 Å². The van der Waals surface area contributed by atoms with Crippen molar-refractivity contribution in [3.05, 3.63) is 59.2 Å². The number of amides is 3. The third-order valence-electron chi connectivity index (χ3n) is 5.77. The Kier molecular flexibility index (Phi) is 5.30. The van der Waals surface area contributed by atoms with E-state index in [0.717, 1.165) is 28.8 Å². The number of benzene rings is 2. The Morgan fingerprint density at radius 3 is 2.43 bits per heavy atom. The standard InChI is InChI=1S/C23H25N3O4/c1-15-8-9-18(11-19(15)26-10-4-7-20(26)27)25-22(29)21(28)24-14-23(30)12-16-5-2-3-6-17(16)13-23/h2-3,5-6,8-9,11,30H,4,7,10,12-14H2,1H3,(H,24,28)(H,25,29). The fourth-order valence-electron chi connectivity index (χ4n) is 4.19. The van der Waals surface area contributed by atoms with Crippen molar-refractivity contribution in [1.82, 2.24) is 5.32 Å². The number of rotatable bonds is 4. The van der Waals surface area contributed by atoms with Crippen LogP contribution in [0.4, 0.5) is 11.4 Å². The molecule has 0 radical (unpaired) electrons. The highest BCUT2D eigenvalue weighted by Gasteiger charge is 2.35. The zero-order chi connectivity index (χ0) is 21.3. The SMILES string of the molecule is Cc1ccc(NC(=O)C(=O)NCC2(O)Cc3ccccc3C2)cc1N1CCCC1=O. The molecule has 0 aromatic heterocycles. The topological polar surface area (TPSA) is 98.7 Å². The summed E-state index contributed by atoms with van der Waals surface area (Å²) in [5.41, 5.74) is 3.14. The second-order valence-electron chi connectivity index (χ2n) is 8.13. The molecule has 2 aromatic carbocycles. The molecule has 30 heavy (non-hydrogen) atoms. The summed E-state index contributed by atoms with van der Waals surface area (Å²) in [6, 6.07) is 13.0. The number of carbonyl (C=O) groups is 3. The molecule has 3 amide bonds. The first kappa shape index (κ1) is 20.1. The largest absolute Gasteiger partial charge is 0.387 e. The molecule has 2 aromatic rings. The molecule has 0 spiro atoms. The van der Waals surface area contributed by atoms with Gasteiger partial charge in [0.2, 0.25) is 5.91 Å². The number of fused-ring (bicyclic) bond motifs is 1. The van der Waals surface area contributed by atoms with Crippen LogP contribution in [0.5, 0.6) is 0 Å². The molecular formula is C23H25N3O4. The monoisotopic (exact) mass is 407 g/mol. The minimum atomic E-state index is -1.09. The van der Waals surface area contributed by atoms with Crippen LogP contribution >= 0.6 is 0 Å². The van der Waals surface area contributed by atoms with E-state index in [4.69, 9.17) is 0 Å². The molecule has 1 heterocycles. The van der Waals surface area contributed by atoms with E-state index in [2.05, 4.69) is 10.6 Å². The highest BCUT2D eigenvalue weighted by atomic mass is 16.3. The summed E-state index contributed by atoms with van der Waals surface area (Å²) < 4.78 is 0. The van der Waals surface area contributed by atoms with Crippen LogP contribution in [0.25, 0.3) is 0 Å². The van der Waals surface area contributed by atoms with Gasteiger partial charge in [-0.05, 0) is 42.2 Å². The number of hydrogen-bond acceptors (Lipinski definition) is 4. The van der Waals surface area contributed by atoms with Crippen molar-refractivity contribution >= 4 is 29.1 Å². The lowest BCUT2D eigenvalue weighted by molar-refractivity contribution is -0.136. The second-order valence-corrected chi connectivity index (χ2v) is 8.13. The first-order valence-electron chi connectivity index (χ1n) is 10.1. The van der Waals surface area contributed by atoms with Crippen LogP contribution in [0.3, 0.4) is 0 Å². The minimum Gasteiger partial charge on any atom is -0.387 e. The van der Waals surface area contributed by atoms with E-state index in [-0.39, 0.29) is 12.5 Å². The second kappa shape index (κ2) is 7.91. The number of nitrogens with one attached hydrogen (secondary N) is 2. The van der Waals surface area contributed by atoms with Gasteiger partial charge in [-0.15, -0.1) is 0 Å². The quantitative estimate of drug-likeness (QED) is 0.672. The zero-order valence-corrected chi connectivity index (χ0v) is 16.9. The van der Waals surface area contributed by atoms with Gasteiger partial charge in [0.1, 0.15) is 0 Å². The Labute approximate surface area is 175 Å². The van der Waals surface area contributed by atoms with E-state index in [9.17, 15) is 19.5 Å². The summed E-state index contributed by atoms with van der Waals surface area (Å²) in [4.78, 5) is 38.4. The molecule has 0 atom stereocenters. The Morgan fingerprint density at radius 1 is 1.10 bits per heavy atom. The summed E-state index contributed by atoms with van der Waals surface area (Å²) in [6.07, 6.45) is 2.21. The Morgan fingerprint density at radius 2 is 1.80 bits per heavy atom. The van der Waals surface area contributed by atoms with Gasteiger partial charge in [0.15, 0.2) is 0 Å². The van der Waals surface area contributed by atoms with Crippen LogP contribution in [0.2, 0.25) is 0 Å². The van der Waals surface area contributed by atoms with Gasteiger partial charge in [-0.2, -0.15) is 0 Å². The zero-order valence-electron chi connectivity index (χ0n) is 16.9. The van der Waals surface area contributed by atoms with Crippen LogP contribution in [0.15, 0.2) is 42.5 Å². The predicted octanol–water partition coefficient (Wildman–Crippen LogP) is 1.71. The van der Waals surface area contributed by atoms with Crippen molar-refractivity contribution in [2.45, 2.75) is 38.2 Å². The summed E-state index contributed by atoms with van der Waals surface area (Å²) in [7, 11) is 0. The van der Waals surface area contributed by atoms with Gasteiger partial charge in [0.05, 0.1) is 5.60 Å². The van der Waals surface area contributed by atoms with Gasteiger partial charge in [0.25, 0.3) is 0 Å². The summed E-state index contributed by atoms with van der Waals surface area (Å²) >= 11 is 0. The highest BCUT2D eigenvalue weighted by molar-refractivity contribution is 6.39. The molecule has 1 fully saturated rings. The molecule has 7 nitrogen and oxygen atoms in total. The first-order chi connectivity index (χ1) is 14.3. The summed E-state index contributed by atoms with van der Waals surface area (Å²) in [5.74, 6) is -1.56. The molecule has 156 valence electrons.